The van der Waals surface area contributed by atoms with Crippen molar-refractivity contribution in [3.8, 4) is 0 Å². The fraction of sp³-hybridized carbons (Fsp3) is 0.444. The van der Waals surface area contributed by atoms with Crippen LogP contribution >= 0.6 is 0 Å². The van der Waals surface area contributed by atoms with Crippen molar-refractivity contribution in [3.63, 3.8) is 0 Å². The molecule has 0 rings (SSSR count). The third-order valence-corrected chi connectivity index (χ3v) is 1.46. The van der Waals surface area contributed by atoms with Crippen LogP contribution < -0.4 is 0 Å². The van der Waals surface area contributed by atoms with E-state index in [9.17, 15) is 4.79 Å². The van der Waals surface area contributed by atoms with Gasteiger partial charge in [-0.05, 0) is 19.8 Å². The molecular weight excluding hydrogens is 140 g/mol. The Hall–Kier alpha value is -1.05. The van der Waals surface area contributed by atoms with Crippen LogP contribution in [0.5, 0.6) is 0 Å². The summed E-state index contributed by atoms with van der Waals surface area (Å²) in [7, 11) is 0. The van der Waals surface area contributed by atoms with Crippen LogP contribution in [0, 0.1) is 5.92 Å². The molecule has 0 aliphatic rings. The van der Waals surface area contributed by atoms with Crippen LogP contribution in [0.25, 0.3) is 0 Å². The lowest BCUT2D eigenvalue weighted by molar-refractivity contribution is -0.141. The number of allylic oxidation sites excluding steroid dienone is 3. The molecule has 0 saturated heterocycles. The first-order chi connectivity index (χ1) is 5.22. The third-order valence-electron chi connectivity index (χ3n) is 1.46. The quantitative estimate of drug-likeness (QED) is 0.616. The minimum atomic E-state index is -0.747. The molecule has 0 aliphatic carbocycles. The molecule has 1 atom stereocenters. The number of rotatable bonds is 5. The molecule has 0 amide bonds. The molecular formula is C9H14O2. The summed E-state index contributed by atoms with van der Waals surface area (Å²) in [6.45, 7) is 5.39. The Bertz CT molecular complexity index is 159. The predicted octanol–water partition coefficient (Wildman–Crippen LogP) is 2.23. The maximum atomic E-state index is 10.5. The Labute approximate surface area is 67.2 Å². The highest BCUT2D eigenvalue weighted by atomic mass is 16.4. The fourth-order valence-electron chi connectivity index (χ4n) is 0.799. The Balaban J connectivity index is 3.88. The highest BCUT2D eigenvalue weighted by Crippen LogP contribution is 2.09. The van der Waals surface area contributed by atoms with Crippen LogP contribution in [0.2, 0.25) is 0 Å². The van der Waals surface area contributed by atoms with Gasteiger partial charge < -0.3 is 5.11 Å². The highest BCUT2D eigenvalue weighted by Gasteiger charge is 2.12. The molecule has 0 aliphatic heterocycles. The second-order valence-corrected chi connectivity index (χ2v) is 2.36. The largest absolute Gasteiger partial charge is 0.481 e. The van der Waals surface area contributed by atoms with Gasteiger partial charge in [0.15, 0.2) is 0 Å². The van der Waals surface area contributed by atoms with Gasteiger partial charge in [-0.2, -0.15) is 0 Å². The van der Waals surface area contributed by atoms with Gasteiger partial charge in [0.1, 0.15) is 0 Å². The lowest BCUT2D eigenvalue weighted by Gasteiger charge is -2.04. The maximum absolute atomic E-state index is 10.5. The zero-order valence-electron chi connectivity index (χ0n) is 6.79. The smallest absolute Gasteiger partial charge is 0.307 e. The van der Waals surface area contributed by atoms with Crippen molar-refractivity contribution in [2.24, 2.45) is 5.92 Å². The van der Waals surface area contributed by atoms with E-state index in [0.717, 1.165) is 0 Å². The lowest BCUT2D eigenvalue weighted by Crippen LogP contribution is -2.11. The molecule has 11 heavy (non-hydrogen) atoms. The Morgan fingerprint density at radius 1 is 1.64 bits per heavy atom. The van der Waals surface area contributed by atoms with Crippen molar-refractivity contribution < 1.29 is 9.90 Å². The first kappa shape index (κ1) is 9.95. The van der Waals surface area contributed by atoms with Crippen LogP contribution in [-0.2, 0) is 4.79 Å². The highest BCUT2D eigenvalue weighted by molar-refractivity contribution is 5.70. The lowest BCUT2D eigenvalue weighted by atomic mass is 10.0. The van der Waals surface area contributed by atoms with E-state index in [1.54, 1.807) is 6.08 Å². The summed E-state index contributed by atoms with van der Waals surface area (Å²) < 4.78 is 0. The molecule has 0 radical (unpaired) electrons. The molecule has 0 aromatic carbocycles. The molecule has 0 fully saturated rings. The summed E-state index contributed by atoms with van der Waals surface area (Å²) in [5.41, 5.74) is 0. The Kier molecular flexibility index (Phi) is 5.17. The summed E-state index contributed by atoms with van der Waals surface area (Å²) in [6, 6.07) is 0. The number of carbonyl (C=O) groups is 1. The molecule has 0 heterocycles. The molecule has 0 saturated carbocycles. The van der Waals surface area contributed by atoms with E-state index in [1.165, 1.54) is 0 Å². The number of carboxylic acids is 1. The standard InChI is InChI=1S/C9H14O2/c1-3-5-7-8(6-4-2)9(10)11/h3-5,8H,2,6-7H2,1H3,(H,10,11). The summed E-state index contributed by atoms with van der Waals surface area (Å²) in [6.07, 6.45) is 6.50. The average Bonchev–Trinajstić information content (AvgIpc) is 1.97. The number of hydrogen-bond donors (Lipinski definition) is 1. The summed E-state index contributed by atoms with van der Waals surface area (Å²) in [5.74, 6) is -1.05. The van der Waals surface area contributed by atoms with Gasteiger partial charge in [-0.15, -0.1) is 6.58 Å². The van der Waals surface area contributed by atoms with Crippen LogP contribution in [0.4, 0.5) is 0 Å². The predicted molar refractivity (Wildman–Crippen MR) is 45.4 cm³/mol. The van der Waals surface area contributed by atoms with Gasteiger partial charge in [0.05, 0.1) is 5.92 Å². The Morgan fingerprint density at radius 2 is 2.27 bits per heavy atom. The SMILES string of the molecule is C=CCC(CC=CC)C(=O)O. The van der Waals surface area contributed by atoms with E-state index in [1.807, 2.05) is 19.1 Å². The van der Waals surface area contributed by atoms with Crippen molar-refractivity contribution in [3.05, 3.63) is 24.8 Å². The van der Waals surface area contributed by atoms with Gasteiger partial charge in [-0.1, -0.05) is 18.2 Å². The van der Waals surface area contributed by atoms with E-state index in [2.05, 4.69) is 6.58 Å². The van der Waals surface area contributed by atoms with Gasteiger partial charge in [-0.25, -0.2) is 0 Å². The zero-order valence-corrected chi connectivity index (χ0v) is 6.79. The molecule has 2 heteroatoms. The molecule has 1 N–H and O–H groups in total. The van der Waals surface area contributed by atoms with Crippen molar-refractivity contribution in [1.82, 2.24) is 0 Å². The van der Waals surface area contributed by atoms with Crippen molar-refractivity contribution >= 4 is 5.97 Å². The summed E-state index contributed by atoms with van der Waals surface area (Å²) >= 11 is 0. The molecule has 2 nitrogen and oxygen atoms in total. The molecule has 0 spiro atoms. The monoisotopic (exact) mass is 154 g/mol. The number of hydrogen-bond acceptors (Lipinski definition) is 1. The zero-order chi connectivity index (χ0) is 8.69. The van der Waals surface area contributed by atoms with Crippen molar-refractivity contribution in [1.29, 1.82) is 0 Å². The number of carboxylic acid groups (broad SMARTS) is 1. The topological polar surface area (TPSA) is 37.3 Å². The van der Waals surface area contributed by atoms with Gasteiger partial charge in [0, 0.05) is 0 Å². The van der Waals surface area contributed by atoms with Gasteiger partial charge in [0.25, 0.3) is 0 Å². The van der Waals surface area contributed by atoms with Crippen molar-refractivity contribution in [2.75, 3.05) is 0 Å². The fourth-order valence-corrected chi connectivity index (χ4v) is 0.799. The van der Waals surface area contributed by atoms with E-state index in [4.69, 9.17) is 5.11 Å². The van der Waals surface area contributed by atoms with Gasteiger partial charge in [0.2, 0.25) is 0 Å². The second-order valence-electron chi connectivity index (χ2n) is 2.36. The molecule has 0 aromatic heterocycles. The van der Waals surface area contributed by atoms with Crippen LogP contribution in [0.15, 0.2) is 24.8 Å². The summed E-state index contributed by atoms with van der Waals surface area (Å²) in [5, 5.41) is 8.65. The molecule has 0 bridgehead atoms. The summed E-state index contributed by atoms with van der Waals surface area (Å²) in [4.78, 5) is 10.5. The minimum Gasteiger partial charge on any atom is -0.481 e. The van der Waals surface area contributed by atoms with E-state index in [-0.39, 0.29) is 5.92 Å². The second kappa shape index (κ2) is 5.71. The Morgan fingerprint density at radius 3 is 2.64 bits per heavy atom. The minimum absolute atomic E-state index is 0.302. The number of aliphatic carboxylic acids is 1. The van der Waals surface area contributed by atoms with E-state index < -0.39 is 5.97 Å². The van der Waals surface area contributed by atoms with Crippen LogP contribution in [0.3, 0.4) is 0 Å². The molecule has 1 unspecified atom stereocenters. The van der Waals surface area contributed by atoms with Crippen molar-refractivity contribution in [2.45, 2.75) is 19.8 Å². The van der Waals surface area contributed by atoms with E-state index >= 15 is 0 Å². The average molecular weight is 154 g/mol. The van der Waals surface area contributed by atoms with Crippen LogP contribution in [-0.4, -0.2) is 11.1 Å². The molecule has 62 valence electrons. The normalized spacial score (nSPS) is 13.2. The first-order valence-electron chi connectivity index (χ1n) is 3.67. The van der Waals surface area contributed by atoms with Crippen LogP contribution in [0.1, 0.15) is 19.8 Å². The third kappa shape index (κ3) is 4.37. The van der Waals surface area contributed by atoms with Gasteiger partial charge in [-0.3, -0.25) is 4.79 Å². The maximum Gasteiger partial charge on any atom is 0.307 e. The van der Waals surface area contributed by atoms with E-state index in [0.29, 0.717) is 12.8 Å². The first-order valence-corrected chi connectivity index (χ1v) is 3.67. The van der Waals surface area contributed by atoms with Gasteiger partial charge >= 0.3 is 5.97 Å². The molecule has 0 aromatic rings.